The molecule has 0 unspecified atom stereocenters. The molecule has 0 saturated heterocycles. The molecule has 0 bridgehead atoms. The summed E-state index contributed by atoms with van der Waals surface area (Å²) in [5, 5.41) is 4.06. The Hall–Kier alpha value is -3.21. The SMILES string of the molecule is CCOCc1nc2c(N)nc3ccccc3c2n1C[C@@H](C)O[P@](=O)(N[C@@H](C)C(=O)OC(C)C)Oc1ccc(Cl)cc1. The lowest BCUT2D eigenvalue weighted by Gasteiger charge is -2.26. The lowest BCUT2D eigenvalue weighted by Crippen LogP contribution is -2.37. The number of carbonyl (C=O) groups excluding carboxylic acids is 1. The number of esters is 1. The Morgan fingerprint density at radius 1 is 1.10 bits per heavy atom. The van der Waals surface area contributed by atoms with E-state index in [0.717, 1.165) is 10.9 Å². The van der Waals surface area contributed by atoms with Crippen molar-refractivity contribution < 1.29 is 27.9 Å². The van der Waals surface area contributed by atoms with Crippen LogP contribution in [0.5, 0.6) is 5.75 Å². The van der Waals surface area contributed by atoms with Crippen molar-refractivity contribution in [1.29, 1.82) is 0 Å². The van der Waals surface area contributed by atoms with Gasteiger partial charge in [-0.25, -0.2) is 14.5 Å². The minimum Gasteiger partial charge on any atom is -0.462 e. The predicted molar refractivity (Wildman–Crippen MR) is 159 cm³/mol. The van der Waals surface area contributed by atoms with Gasteiger partial charge in [0.15, 0.2) is 5.82 Å². The van der Waals surface area contributed by atoms with E-state index < -0.39 is 25.9 Å². The first-order chi connectivity index (χ1) is 19.5. The summed E-state index contributed by atoms with van der Waals surface area (Å²) in [7, 11) is -4.13. The second-order valence-electron chi connectivity index (χ2n) is 9.78. The summed E-state index contributed by atoms with van der Waals surface area (Å²) in [6, 6.07) is 13.0. The number of halogens is 1. The number of aromatic nitrogens is 3. The third kappa shape index (κ3) is 7.55. The molecule has 220 valence electrons. The fourth-order valence-electron chi connectivity index (χ4n) is 4.27. The number of ether oxygens (including phenoxy) is 2. The highest BCUT2D eigenvalue weighted by atomic mass is 35.5. The Balaban J connectivity index is 1.68. The highest BCUT2D eigenvalue weighted by Crippen LogP contribution is 2.46. The molecule has 0 fully saturated rings. The summed E-state index contributed by atoms with van der Waals surface area (Å²) in [6.07, 6.45) is -1.04. The molecule has 41 heavy (non-hydrogen) atoms. The molecule has 4 rings (SSSR count). The molecule has 4 aromatic rings. The van der Waals surface area contributed by atoms with Crippen molar-refractivity contribution in [3.05, 3.63) is 59.4 Å². The third-order valence-corrected chi connectivity index (χ3v) is 8.02. The summed E-state index contributed by atoms with van der Waals surface area (Å²) in [5.41, 5.74) is 8.30. The number of anilines is 1. The first kappa shape index (κ1) is 30.7. The van der Waals surface area contributed by atoms with Gasteiger partial charge < -0.3 is 24.3 Å². The van der Waals surface area contributed by atoms with Crippen molar-refractivity contribution in [2.75, 3.05) is 12.3 Å². The highest BCUT2D eigenvalue weighted by molar-refractivity contribution is 7.52. The van der Waals surface area contributed by atoms with Crippen LogP contribution in [0.1, 0.15) is 40.4 Å². The maximum atomic E-state index is 14.1. The van der Waals surface area contributed by atoms with Crippen LogP contribution >= 0.6 is 19.3 Å². The molecule has 3 N–H and O–H groups in total. The van der Waals surface area contributed by atoms with E-state index in [4.69, 9.17) is 40.8 Å². The summed E-state index contributed by atoms with van der Waals surface area (Å²) >= 11 is 6.01. The van der Waals surface area contributed by atoms with Gasteiger partial charge in [-0.05, 0) is 65.0 Å². The molecule has 0 aliphatic carbocycles. The van der Waals surface area contributed by atoms with Crippen LogP contribution in [-0.2, 0) is 36.5 Å². The lowest BCUT2D eigenvalue weighted by atomic mass is 10.2. The number of hydrogen-bond acceptors (Lipinski definition) is 9. The molecule has 0 amide bonds. The molecule has 3 atom stereocenters. The molecule has 13 heteroatoms. The normalized spacial score (nSPS) is 14.7. The van der Waals surface area contributed by atoms with Gasteiger partial charge in [0.05, 0.1) is 29.8 Å². The second kappa shape index (κ2) is 13.2. The Kier molecular flexibility index (Phi) is 9.88. The van der Waals surface area contributed by atoms with Gasteiger partial charge in [-0.15, -0.1) is 0 Å². The quantitative estimate of drug-likeness (QED) is 0.141. The summed E-state index contributed by atoms with van der Waals surface area (Å²) < 4.78 is 38.9. The number of nitrogens with one attached hydrogen (secondary N) is 1. The fraction of sp³-hybridized carbons (Fsp3) is 0.393. The molecular weight excluding hydrogens is 569 g/mol. The summed E-state index contributed by atoms with van der Waals surface area (Å²) in [6.45, 7) is 9.56. The van der Waals surface area contributed by atoms with E-state index in [1.54, 1.807) is 45.0 Å². The molecule has 0 radical (unpaired) electrons. The van der Waals surface area contributed by atoms with Gasteiger partial charge in [0.1, 0.15) is 29.7 Å². The van der Waals surface area contributed by atoms with Crippen molar-refractivity contribution in [1.82, 2.24) is 19.6 Å². The van der Waals surface area contributed by atoms with Gasteiger partial charge in [-0.1, -0.05) is 29.8 Å². The van der Waals surface area contributed by atoms with Crippen LogP contribution in [-0.4, -0.2) is 45.4 Å². The van der Waals surface area contributed by atoms with Crippen molar-refractivity contribution in [3.8, 4) is 5.75 Å². The number of benzene rings is 2. The van der Waals surface area contributed by atoms with Crippen molar-refractivity contribution in [3.63, 3.8) is 0 Å². The van der Waals surface area contributed by atoms with Crippen LogP contribution in [0.15, 0.2) is 48.5 Å². The van der Waals surface area contributed by atoms with E-state index in [1.807, 2.05) is 35.8 Å². The van der Waals surface area contributed by atoms with E-state index in [2.05, 4.69) is 10.1 Å². The molecule has 11 nitrogen and oxygen atoms in total. The van der Waals surface area contributed by atoms with Gasteiger partial charge >= 0.3 is 13.7 Å². The van der Waals surface area contributed by atoms with Crippen LogP contribution in [0.4, 0.5) is 5.82 Å². The number of pyridine rings is 1. The molecule has 0 spiro atoms. The van der Waals surface area contributed by atoms with E-state index in [0.29, 0.717) is 34.3 Å². The van der Waals surface area contributed by atoms with Gasteiger partial charge in [0.2, 0.25) is 0 Å². The number of nitrogens with two attached hydrogens (primary N) is 1. The smallest absolute Gasteiger partial charge is 0.459 e. The standard InChI is InChI=1S/C28H35ClN5O6P/c1-6-37-16-24-32-25-26(22-9-7-8-10-23(22)31-27(25)30)34(24)15-18(4)39-41(36,33-19(5)28(35)38-17(2)3)40-21-13-11-20(29)12-14-21/h7-14,17-19H,6,15-16H2,1-5H3,(H2,30,31)(H,33,36)/t18-,19+,41-/m1/s1. The van der Waals surface area contributed by atoms with Gasteiger partial charge in [-0.2, -0.15) is 5.09 Å². The Morgan fingerprint density at radius 2 is 1.80 bits per heavy atom. The van der Waals surface area contributed by atoms with Crippen LogP contribution in [0.3, 0.4) is 0 Å². The van der Waals surface area contributed by atoms with Crippen LogP contribution in [0, 0.1) is 0 Å². The van der Waals surface area contributed by atoms with E-state index in [-0.39, 0.29) is 25.0 Å². The van der Waals surface area contributed by atoms with Crippen LogP contribution in [0.2, 0.25) is 5.02 Å². The zero-order chi connectivity index (χ0) is 29.7. The zero-order valence-corrected chi connectivity index (χ0v) is 25.3. The molecule has 2 aromatic heterocycles. The van der Waals surface area contributed by atoms with Gasteiger partial charge in [-0.3, -0.25) is 9.32 Å². The van der Waals surface area contributed by atoms with Gasteiger partial charge in [0, 0.05) is 17.0 Å². The summed E-state index contributed by atoms with van der Waals surface area (Å²) in [5.74, 6) is 0.555. The molecule has 0 aliphatic heterocycles. The Morgan fingerprint density at radius 3 is 2.49 bits per heavy atom. The number of imidazole rings is 1. The zero-order valence-electron chi connectivity index (χ0n) is 23.7. The number of rotatable bonds is 13. The number of hydrogen-bond donors (Lipinski definition) is 2. The minimum absolute atomic E-state index is 0.215. The van der Waals surface area contributed by atoms with Crippen molar-refractivity contribution in [2.24, 2.45) is 0 Å². The molecule has 2 aromatic carbocycles. The highest BCUT2D eigenvalue weighted by Gasteiger charge is 2.35. The number of para-hydroxylation sites is 1. The average molecular weight is 604 g/mol. The number of fused-ring (bicyclic) bond motifs is 3. The third-order valence-electron chi connectivity index (χ3n) is 5.98. The molecule has 0 aliphatic rings. The van der Waals surface area contributed by atoms with Crippen molar-refractivity contribution in [2.45, 2.75) is 66.0 Å². The maximum Gasteiger partial charge on any atom is 0.459 e. The topological polar surface area (TPSA) is 140 Å². The van der Waals surface area contributed by atoms with Crippen LogP contribution < -0.4 is 15.3 Å². The first-order valence-corrected chi connectivity index (χ1v) is 15.2. The van der Waals surface area contributed by atoms with E-state index in [1.165, 1.54) is 6.92 Å². The minimum atomic E-state index is -4.13. The predicted octanol–water partition coefficient (Wildman–Crippen LogP) is 5.88. The van der Waals surface area contributed by atoms with E-state index >= 15 is 0 Å². The molecule has 0 saturated carbocycles. The molecular formula is C28H35ClN5O6P. The maximum absolute atomic E-state index is 14.1. The first-order valence-electron chi connectivity index (χ1n) is 13.3. The monoisotopic (exact) mass is 603 g/mol. The fourth-order valence-corrected chi connectivity index (χ4v) is 6.07. The summed E-state index contributed by atoms with van der Waals surface area (Å²) in [4.78, 5) is 21.8. The number of carbonyl (C=O) groups is 1. The van der Waals surface area contributed by atoms with Crippen molar-refractivity contribution >= 4 is 53.1 Å². The number of nitrogens with zero attached hydrogens (tertiary/aromatic N) is 3. The average Bonchev–Trinajstić information content (AvgIpc) is 3.26. The molecule has 2 heterocycles. The Bertz CT molecular complexity index is 1560. The van der Waals surface area contributed by atoms with Gasteiger partial charge in [0.25, 0.3) is 0 Å². The van der Waals surface area contributed by atoms with E-state index in [9.17, 15) is 9.36 Å². The van der Waals surface area contributed by atoms with Crippen LogP contribution in [0.25, 0.3) is 21.9 Å². The number of nitrogen functional groups attached to an aromatic ring is 1. The Labute approximate surface area is 243 Å². The largest absolute Gasteiger partial charge is 0.462 e. The lowest BCUT2D eigenvalue weighted by molar-refractivity contribution is -0.149. The second-order valence-corrected chi connectivity index (χ2v) is 11.9.